The Labute approximate surface area is 137 Å². The molecule has 1 heterocycles. The predicted molar refractivity (Wildman–Crippen MR) is 87.2 cm³/mol. The lowest BCUT2D eigenvalue weighted by Crippen LogP contribution is -3.15. The quantitative estimate of drug-likeness (QED) is 0.611. The van der Waals surface area contributed by atoms with E-state index >= 15 is 0 Å². The number of benzene rings is 1. The fourth-order valence-electron chi connectivity index (χ4n) is 3.09. The van der Waals surface area contributed by atoms with Crippen molar-refractivity contribution in [3.8, 4) is 5.75 Å². The summed E-state index contributed by atoms with van der Waals surface area (Å²) in [5.41, 5.74) is 6.45. The molecule has 6 heteroatoms. The van der Waals surface area contributed by atoms with E-state index in [1.807, 2.05) is 24.3 Å². The van der Waals surface area contributed by atoms with Gasteiger partial charge in [-0.05, 0) is 30.9 Å². The number of ether oxygens (including phenoxy) is 1. The number of nitrogens with two attached hydrogens (primary N) is 1. The normalized spacial score (nSPS) is 20.7. The highest BCUT2D eigenvalue weighted by atomic mass is 16.5. The Balaban J connectivity index is 1.74. The zero-order valence-electron chi connectivity index (χ0n) is 13.6. The number of hydrogen-bond acceptors (Lipinski definition) is 3. The molecule has 2 amide bonds. The van der Waals surface area contributed by atoms with Crippen LogP contribution in [0.2, 0.25) is 0 Å². The zero-order chi connectivity index (χ0) is 16.7. The highest BCUT2D eigenvalue weighted by Crippen LogP contribution is 2.17. The third-order valence-corrected chi connectivity index (χ3v) is 4.34. The molecule has 0 bridgehead atoms. The van der Waals surface area contributed by atoms with Crippen LogP contribution in [0.25, 0.3) is 0 Å². The molecule has 0 aliphatic carbocycles. The molecule has 0 saturated carbocycles. The van der Waals surface area contributed by atoms with Crippen LogP contribution in [-0.4, -0.2) is 45.1 Å². The number of methoxy groups -OCH3 is 1. The van der Waals surface area contributed by atoms with Crippen molar-refractivity contribution >= 4 is 11.8 Å². The summed E-state index contributed by atoms with van der Waals surface area (Å²) in [6.45, 7) is 2.56. The summed E-state index contributed by atoms with van der Waals surface area (Å²) in [5.74, 6) is 0.506. The first kappa shape index (κ1) is 17.3. The van der Waals surface area contributed by atoms with E-state index in [-0.39, 0.29) is 17.7 Å². The van der Waals surface area contributed by atoms with E-state index in [0.29, 0.717) is 19.6 Å². The van der Waals surface area contributed by atoms with Gasteiger partial charge in [-0.1, -0.05) is 18.2 Å². The van der Waals surface area contributed by atoms with Crippen molar-refractivity contribution in [3.05, 3.63) is 29.8 Å². The van der Waals surface area contributed by atoms with E-state index in [9.17, 15) is 9.59 Å². The van der Waals surface area contributed by atoms with E-state index in [4.69, 9.17) is 10.5 Å². The number of amides is 2. The van der Waals surface area contributed by atoms with Crippen LogP contribution in [0, 0.1) is 5.92 Å². The summed E-state index contributed by atoms with van der Waals surface area (Å²) in [4.78, 5) is 24.5. The van der Waals surface area contributed by atoms with Gasteiger partial charge in [-0.2, -0.15) is 0 Å². The van der Waals surface area contributed by atoms with Gasteiger partial charge in [0.25, 0.3) is 5.91 Å². The number of likely N-dealkylation sites (tertiary alicyclic amines) is 1. The molecule has 0 spiro atoms. The van der Waals surface area contributed by atoms with Crippen molar-refractivity contribution in [2.75, 3.05) is 33.3 Å². The molecule has 1 aromatic rings. The fourth-order valence-corrected chi connectivity index (χ4v) is 3.09. The number of rotatable bonds is 7. The van der Waals surface area contributed by atoms with Gasteiger partial charge in [-0.3, -0.25) is 9.59 Å². The van der Waals surface area contributed by atoms with Gasteiger partial charge >= 0.3 is 0 Å². The van der Waals surface area contributed by atoms with E-state index in [2.05, 4.69) is 5.32 Å². The van der Waals surface area contributed by atoms with Gasteiger partial charge in [-0.15, -0.1) is 0 Å². The van der Waals surface area contributed by atoms with Gasteiger partial charge in [0, 0.05) is 6.54 Å². The highest BCUT2D eigenvalue weighted by Gasteiger charge is 2.28. The number of piperidine rings is 1. The lowest BCUT2D eigenvalue weighted by molar-refractivity contribution is -0.899. The molecule has 23 heavy (non-hydrogen) atoms. The van der Waals surface area contributed by atoms with Gasteiger partial charge in [0.15, 0.2) is 6.54 Å². The molecule has 1 unspecified atom stereocenters. The number of carbonyl (C=O) groups excluding carboxylic acids is 2. The number of nitrogens with one attached hydrogen (secondary N) is 2. The number of carbonyl (C=O) groups is 2. The van der Waals surface area contributed by atoms with Crippen molar-refractivity contribution in [3.63, 3.8) is 0 Å². The van der Waals surface area contributed by atoms with Crippen LogP contribution >= 0.6 is 0 Å². The Morgan fingerprint density at radius 3 is 2.91 bits per heavy atom. The van der Waals surface area contributed by atoms with Crippen molar-refractivity contribution in [1.29, 1.82) is 0 Å². The summed E-state index contributed by atoms with van der Waals surface area (Å²) in [6.07, 6.45) is 2.51. The van der Waals surface area contributed by atoms with E-state index in [0.717, 1.165) is 42.0 Å². The van der Waals surface area contributed by atoms with Crippen LogP contribution in [0.4, 0.5) is 0 Å². The summed E-state index contributed by atoms with van der Waals surface area (Å²) in [5, 5.41) is 2.94. The standard InChI is InChI=1S/C17H25N3O3/c1-23-15-7-3-2-5-13(15)8-9-19-16(21)12-20-10-4-6-14(11-20)17(18)22/h2-3,5,7,14H,4,6,8-12H2,1H3,(H2,18,22)(H,19,21)/p+1/t14-/m1/s1. The Bertz CT molecular complexity index is 548. The van der Waals surface area contributed by atoms with E-state index < -0.39 is 0 Å². The largest absolute Gasteiger partial charge is 0.496 e. The highest BCUT2D eigenvalue weighted by molar-refractivity contribution is 5.77. The second kappa shape index (κ2) is 8.53. The second-order valence-corrected chi connectivity index (χ2v) is 6.03. The molecular weight excluding hydrogens is 294 g/mol. The summed E-state index contributed by atoms with van der Waals surface area (Å²) in [7, 11) is 1.65. The van der Waals surface area contributed by atoms with Crippen LogP contribution < -0.4 is 20.7 Å². The molecule has 0 aromatic heterocycles. The molecule has 0 radical (unpaired) electrons. The monoisotopic (exact) mass is 320 g/mol. The first-order valence-electron chi connectivity index (χ1n) is 8.11. The Hall–Kier alpha value is -2.08. The smallest absolute Gasteiger partial charge is 0.275 e. The lowest BCUT2D eigenvalue weighted by atomic mass is 9.97. The molecule has 2 rings (SSSR count). The molecule has 1 saturated heterocycles. The first-order chi connectivity index (χ1) is 11.1. The molecule has 1 aromatic carbocycles. The molecule has 4 N–H and O–H groups in total. The first-order valence-corrected chi connectivity index (χ1v) is 8.11. The third kappa shape index (κ3) is 5.25. The molecule has 6 nitrogen and oxygen atoms in total. The predicted octanol–water partition coefficient (Wildman–Crippen LogP) is -0.866. The number of quaternary nitrogens is 1. The van der Waals surface area contributed by atoms with Gasteiger partial charge in [0.2, 0.25) is 5.91 Å². The van der Waals surface area contributed by atoms with Crippen molar-refractivity contribution in [2.24, 2.45) is 11.7 Å². The van der Waals surface area contributed by atoms with Crippen molar-refractivity contribution in [1.82, 2.24) is 5.32 Å². The number of primary amides is 1. The molecular formula is C17H26N3O3+. The van der Waals surface area contributed by atoms with Crippen LogP contribution in [0.15, 0.2) is 24.3 Å². The molecule has 1 aliphatic heterocycles. The fraction of sp³-hybridized carbons (Fsp3) is 0.529. The average molecular weight is 320 g/mol. The van der Waals surface area contributed by atoms with Crippen molar-refractivity contribution in [2.45, 2.75) is 19.3 Å². The minimum atomic E-state index is -0.251. The minimum absolute atomic E-state index is 0.0139. The van der Waals surface area contributed by atoms with Crippen LogP contribution in [0.3, 0.4) is 0 Å². The molecule has 1 aliphatic rings. The number of hydrogen-bond donors (Lipinski definition) is 3. The van der Waals surface area contributed by atoms with Crippen LogP contribution in [-0.2, 0) is 16.0 Å². The van der Waals surface area contributed by atoms with E-state index in [1.54, 1.807) is 7.11 Å². The Kier molecular flexibility index (Phi) is 6.40. The maximum atomic E-state index is 12.1. The lowest BCUT2D eigenvalue weighted by Gasteiger charge is -2.27. The maximum Gasteiger partial charge on any atom is 0.275 e. The SMILES string of the molecule is COc1ccccc1CCNC(=O)C[NH+]1CCC[C@@H](C(N)=O)C1. The molecule has 2 atom stereocenters. The number of para-hydroxylation sites is 1. The zero-order valence-corrected chi connectivity index (χ0v) is 13.6. The van der Waals surface area contributed by atoms with Gasteiger partial charge < -0.3 is 20.7 Å². The Morgan fingerprint density at radius 1 is 1.39 bits per heavy atom. The Morgan fingerprint density at radius 2 is 2.17 bits per heavy atom. The van der Waals surface area contributed by atoms with Gasteiger partial charge in [-0.25, -0.2) is 0 Å². The summed E-state index contributed by atoms with van der Waals surface area (Å²) >= 11 is 0. The third-order valence-electron chi connectivity index (χ3n) is 4.34. The van der Waals surface area contributed by atoms with Gasteiger partial charge in [0.1, 0.15) is 5.75 Å². The van der Waals surface area contributed by atoms with E-state index in [1.165, 1.54) is 0 Å². The average Bonchev–Trinajstić information content (AvgIpc) is 2.55. The molecule has 126 valence electrons. The topological polar surface area (TPSA) is 85.9 Å². The maximum absolute atomic E-state index is 12.1. The van der Waals surface area contributed by atoms with Crippen molar-refractivity contribution < 1.29 is 19.2 Å². The summed E-state index contributed by atoms with van der Waals surface area (Å²) < 4.78 is 5.30. The van der Waals surface area contributed by atoms with Crippen LogP contribution in [0.5, 0.6) is 5.75 Å². The minimum Gasteiger partial charge on any atom is -0.496 e. The van der Waals surface area contributed by atoms with Crippen LogP contribution in [0.1, 0.15) is 18.4 Å². The summed E-state index contributed by atoms with van der Waals surface area (Å²) in [6, 6.07) is 7.80. The molecule has 1 fully saturated rings. The second-order valence-electron chi connectivity index (χ2n) is 6.03. The van der Waals surface area contributed by atoms with Gasteiger partial charge in [0.05, 0.1) is 26.1 Å².